The van der Waals surface area contributed by atoms with Gasteiger partial charge >= 0.3 is 6.18 Å². The van der Waals surface area contributed by atoms with Gasteiger partial charge in [-0.15, -0.1) is 0 Å². The molecule has 2 N–H and O–H groups in total. The number of primary amides is 1. The third-order valence-electron chi connectivity index (χ3n) is 4.74. The van der Waals surface area contributed by atoms with Crippen LogP contribution in [0.4, 0.5) is 17.6 Å². The Kier molecular flexibility index (Phi) is 7.23. The number of halogens is 4. The van der Waals surface area contributed by atoms with Crippen molar-refractivity contribution >= 4 is 5.91 Å². The number of ether oxygens (including phenoxy) is 2. The first-order valence-corrected chi connectivity index (χ1v) is 10.2. The first-order chi connectivity index (χ1) is 16.0. The number of carbonyl (C=O) groups excluding carboxylic acids is 1. The van der Waals surface area contributed by atoms with Crippen molar-refractivity contribution in [3.63, 3.8) is 0 Å². The largest absolute Gasteiger partial charge is 0.488 e. The van der Waals surface area contributed by atoms with Gasteiger partial charge in [0.25, 0.3) is 5.56 Å². The molecule has 0 aliphatic rings. The first kappa shape index (κ1) is 24.7. The third-order valence-corrected chi connectivity index (χ3v) is 4.74. The van der Waals surface area contributed by atoms with Crippen LogP contribution < -0.4 is 20.8 Å². The average molecular weight is 479 g/mol. The van der Waals surface area contributed by atoms with Gasteiger partial charge in [0.1, 0.15) is 11.4 Å². The van der Waals surface area contributed by atoms with Crippen LogP contribution in [0.25, 0.3) is 16.8 Å². The van der Waals surface area contributed by atoms with Crippen molar-refractivity contribution in [1.29, 1.82) is 0 Å². The minimum Gasteiger partial charge on any atom is -0.488 e. The van der Waals surface area contributed by atoms with Crippen LogP contribution in [0, 0.1) is 5.82 Å². The van der Waals surface area contributed by atoms with Crippen LogP contribution in [0.3, 0.4) is 0 Å². The second-order valence-electron chi connectivity index (χ2n) is 7.13. The van der Waals surface area contributed by atoms with Gasteiger partial charge in [-0.05, 0) is 43.2 Å². The molecular formula is C23H21F4N3O4. The second kappa shape index (κ2) is 9.94. The van der Waals surface area contributed by atoms with E-state index in [2.05, 4.69) is 4.98 Å². The summed E-state index contributed by atoms with van der Waals surface area (Å²) in [6.07, 6.45) is -2.76. The van der Waals surface area contributed by atoms with Gasteiger partial charge in [-0.25, -0.2) is 9.37 Å². The minimum absolute atomic E-state index is 0.0311. The number of nitrogens with two attached hydrogens (primary N) is 1. The smallest absolute Gasteiger partial charge is 0.421 e. The molecule has 3 rings (SSSR count). The molecule has 0 spiro atoms. The Balaban J connectivity index is 2.19. The zero-order valence-corrected chi connectivity index (χ0v) is 18.3. The van der Waals surface area contributed by atoms with Gasteiger partial charge in [0.2, 0.25) is 11.8 Å². The van der Waals surface area contributed by atoms with Crippen LogP contribution in [-0.4, -0.2) is 28.7 Å². The van der Waals surface area contributed by atoms with E-state index >= 15 is 0 Å². The van der Waals surface area contributed by atoms with Crippen LogP contribution in [-0.2, 0) is 17.4 Å². The molecule has 0 bridgehead atoms. The van der Waals surface area contributed by atoms with Crippen molar-refractivity contribution in [2.24, 2.45) is 5.73 Å². The van der Waals surface area contributed by atoms with Gasteiger partial charge in [-0.1, -0.05) is 12.1 Å². The molecule has 0 radical (unpaired) electrons. The number of nitrogens with zero attached hydrogens (tertiary/aromatic N) is 2. The Morgan fingerprint density at radius 3 is 2.38 bits per heavy atom. The highest BCUT2D eigenvalue weighted by atomic mass is 19.4. The van der Waals surface area contributed by atoms with E-state index in [1.54, 1.807) is 6.92 Å². The first-order valence-electron chi connectivity index (χ1n) is 10.2. The van der Waals surface area contributed by atoms with Crippen molar-refractivity contribution in [3.8, 4) is 28.4 Å². The van der Waals surface area contributed by atoms with Crippen molar-refractivity contribution in [1.82, 2.24) is 9.55 Å². The molecule has 2 aromatic heterocycles. The zero-order valence-electron chi connectivity index (χ0n) is 18.3. The number of rotatable bonds is 8. The molecule has 0 fully saturated rings. The second-order valence-corrected chi connectivity index (χ2v) is 7.13. The maximum absolute atomic E-state index is 14.5. The standard InChI is InChI=1S/C23H21F4N3O4/c1-3-33-19-8-15(13-5-6-14(9-20(28)31)18(24)7-13)12-30(22(19)32)16-10-17(23(25,26)27)21(29-11-16)34-4-2/h5-8,10-12H,3-4,9H2,1-2H3,(H2,28,31). The Labute approximate surface area is 191 Å². The van der Waals surface area contributed by atoms with Crippen LogP contribution in [0.5, 0.6) is 11.6 Å². The lowest BCUT2D eigenvalue weighted by atomic mass is 10.0. The maximum Gasteiger partial charge on any atom is 0.421 e. The van der Waals surface area contributed by atoms with Gasteiger partial charge in [0.15, 0.2) is 5.75 Å². The lowest BCUT2D eigenvalue weighted by molar-refractivity contribution is -0.139. The monoisotopic (exact) mass is 479 g/mol. The van der Waals surface area contributed by atoms with Gasteiger partial charge < -0.3 is 15.2 Å². The zero-order chi connectivity index (χ0) is 25.0. The lowest BCUT2D eigenvalue weighted by Gasteiger charge is -2.16. The lowest BCUT2D eigenvalue weighted by Crippen LogP contribution is -2.21. The molecule has 0 aliphatic heterocycles. The van der Waals surface area contributed by atoms with Crippen molar-refractivity contribution < 1.29 is 31.8 Å². The fourth-order valence-electron chi connectivity index (χ4n) is 3.25. The normalized spacial score (nSPS) is 11.4. The van der Waals surface area contributed by atoms with Crippen LogP contribution >= 0.6 is 0 Å². The number of hydrogen-bond acceptors (Lipinski definition) is 5. The summed E-state index contributed by atoms with van der Waals surface area (Å²) in [6, 6.07) is 6.10. The van der Waals surface area contributed by atoms with E-state index in [1.807, 2.05) is 0 Å². The topological polar surface area (TPSA) is 96.4 Å². The summed E-state index contributed by atoms with van der Waals surface area (Å²) in [4.78, 5) is 27.8. The molecular weight excluding hydrogens is 458 g/mol. The van der Waals surface area contributed by atoms with Crippen molar-refractivity contribution in [2.75, 3.05) is 13.2 Å². The van der Waals surface area contributed by atoms with E-state index in [0.717, 1.165) is 22.9 Å². The van der Waals surface area contributed by atoms with Crippen LogP contribution in [0.1, 0.15) is 25.0 Å². The summed E-state index contributed by atoms with van der Waals surface area (Å²) in [5.74, 6) is -2.17. The number of pyridine rings is 2. The fourth-order valence-corrected chi connectivity index (χ4v) is 3.25. The third kappa shape index (κ3) is 5.36. The Morgan fingerprint density at radius 1 is 1.09 bits per heavy atom. The van der Waals surface area contributed by atoms with Gasteiger partial charge in [0.05, 0.1) is 31.5 Å². The highest BCUT2D eigenvalue weighted by molar-refractivity contribution is 5.77. The molecule has 0 saturated carbocycles. The van der Waals surface area contributed by atoms with Gasteiger partial charge in [0, 0.05) is 11.8 Å². The quantitative estimate of drug-likeness (QED) is 0.495. The van der Waals surface area contributed by atoms with Gasteiger partial charge in [-0.3, -0.25) is 14.2 Å². The molecule has 180 valence electrons. The summed E-state index contributed by atoms with van der Waals surface area (Å²) < 4.78 is 66.5. The molecule has 2 heterocycles. The molecule has 0 aliphatic carbocycles. The van der Waals surface area contributed by atoms with Crippen LogP contribution in [0.2, 0.25) is 0 Å². The SMILES string of the molecule is CCOc1ncc(-n2cc(-c3ccc(CC(N)=O)c(F)c3)cc(OCC)c2=O)cc1C(F)(F)F. The van der Waals surface area contributed by atoms with Crippen molar-refractivity contribution in [3.05, 3.63) is 70.0 Å². The highest BCUT2D eigenvalue weighted by Gasteiger charge is 2.36. The summed E-state index contributed by atoms with van der Waals surface area (Å²) in [6.45, 7) is 3.23. The van der Waals surface area contributed by atoms with Crippen molar-refractivity contribution in [2.45, 2.75) is 26.4 Å². The van der Waals surface area contributed by atoms with E-state index in [0.29, 0.717) is 5.56 Å². The molecule has 7 nitrogen and oxygen atoms in total. The number of hydrogen-bond donors (Lipinski definition) is 1. The molecule has 0 atom stereocenters. The number of aromatic nitrogens is 2. The number of alkyl halides is 3. The Hall–Kier alpha value is -3.89. The summed E-state index contributed by atoms with van der Waals surface area (Å²) in [7, 11) is 0. The predicted octanol–water partition coefficient (Wildman–Crippen LogP) is 3.88. The van der Waals surface area contributed by atoms with E-state index < -0.39 is 34.9 Å². The summed E-state index contributed by atoms with van der Waals surface area (Å²) in [5.41, 5.74) is 3.72. The molecule has 3 aromatic rings. The van der Waals surface area contributed by atoms with Gasteiger partial charge in [-0.2, -0.15) is 13.2 Å². The van der Waals surface area contributed by atoms with E-state index in [1.165, 1.54) is 31.3 Å². The molecule has 34 heavy (non-hydrogen) atoms. The molecule has 0 unspecified atom stereocenters. The number of benzene rings is 1. The molecule has 11 heteroatoms. The fraction of sp³-hybridized carbons (Fsp3) is 0.261. The van der Waals surface area contributed by atoms with E-state index in [-0.39, 0.29) is 42.2 Å². The minimum atomic E-state index is -4.78. The highest BCUT2D eigenvalue weighted by Crippen LogP contribution is 2.36. The van der Waals surface area contributed by atoms with E-state index in [4.69, 9.17) is 15.2 Å². The molecule has 1 aromatic carbocycles. The molecule has 1 amide bonds. The summed E-state index contributed by atoms with van der Waals surface area (Å²) in [5, 5.41) is 0. The number of amides is 1. The predicted molar refractivity (Wildman–Crippen MR) is 115 cm³/mol. The average Bonchev–Trinajstić information content (AvgIpc) is 2.76. The Morgan fingerprint density at radius 2 is 1.79 bits per heavy atom. The summed E-state index contributed by atoms with van der Waals surface area (Å²) >= 11 is 0. The Bertz CT molecular complexity index is 1270. The van der Waals surface area contributed by atoms with E-state index in [9.17, 15) is 27.2 Å². The maximum atomic E-state index is 14.5. The molecule has 0 saturated heterocycles. The van der Waals surface area contributed by atoms with Crippen LogP contribution in [0.15, 0.2) is 47.5 Å². The number of carbonyl (C=O) groups is 1.